The van der Waals surface area contributed by atoms with Crippen molar-refractivity contribution in [1.29, 1.82) is 0 Å². The molecule has 4 heteroatoms. The van der Waals surface area contributed by atoms with E-state index in [-0.39, 0.29) is 0 Å². The van der Waals surface area contributed by atoms with Gasteiger partial charge in [-0.1, -0.05) is 0 Å². The van der Waals surface area contributed by atoms with E-state index in [4.69, 9.17) is 18.9 Å². The second-order valence-electron chi connectivity index (χ2n) is 3.17. The van der Waals surface area contributed by atoms with E-state index in [9.17, 15) is 0 Å². The van der Waals surface area contributed by atoms with Crippen LogP contribution in [0, 0.1) is 0 Å². The number of methoxy groups -OCH3 is 2. The first-order valence-corrected chi connectivity index (χ1v) is 3.96. The Labute approximate surface area is 72.7 Å². The van der Waals surface area contributed by atoms with Crippen LogP contribution in [0.25, 0.3) is 0 Å². The first-order valence-electron chi connectivity index (χ1n) is 3.96. The maximum absolute atomic E-state index is 5.49. The van der Waals surface area contributed by atoms with Crippen molar-refractivity contribution in [3.05, 3.63) is 0 Å². The van der Waals surface area contributed by atoms with E-state index >= 15 is 0 Å². The largest absolute Gasteiger partial charge is 0.365 e. The normalized spacial score (nSPS) is 27.0. The Morgan fingerprint density at radius 2 is 1.50 bits per heavy atom. The number of rotatable bonds is 2. The van der Waals surface area contributed by atoms with Gasteiger partial charge in [0.25, 0.3) is 0 Å². The molecule has 0 saturated carbocycles. The van der Waals surface area contributed by atoms with Crippen LogP contribution in [0.5, 0.6) is 0 Å². The first kappa shape index (κ1) is 9.92. The highest BCUT2D eigenvalue weighted by Crippen LogP contribution is 2.33. The average Bonchev–Trinajstić information content (AvgIpc) is 2.05. The third-order valence-corrected chi connectivity index (χ3v) is 2.11. The van der Waals surface area contributed by atoms with E-state index in [0.717, 1.165) is 0 Å². The maximum Gasteiger partial charge on any atom is 0.312 e. The Balaban J connectivity index is 2.81. The molecule has 0 aromatic heterocycles. The van der Waals surface area contributed by atoms with E-state index in [2.05, 4.69) is 0 Å². The lowest BCUT2D eigenvalue weighted by atomic mass is 10.1. The molecule has 0 radical (unpaired) electrons. The molecule has 0 N–H and O–H groups in total. The molecule has 12 heavy (non-hydrogen) atoms. The molecule has 1 rings (SSSR count). The van der Waals surface area contributed by atoms with Crippen molar-refractivity contribution in [2.24, 2.45) is 0 Å². The molecule has 0 aliphatic carbocycles. The summed E-state index contributed by atoms with van der Waals surface area (Å²) in [6, 6.07) is 0. The molecule has 1 fully saturated rings. The Kier molecular flexibility index (Phi) is 2.73. The van der Waals surface area contributed by atoms with Crippen LogP contribution in [0.2, 0.25) is 0 Å². The first-order chi connectivity index (χ1) is 5.58. The molecule has 0 amide bonds. The zero-order valence-electron chi connectivity index (χ0n) is 8.05. The van der Waals surface area contributed by atoms with Gasteiger partial charge >= 0.3 is 5.97 Å². The molecule has 1 saturated heterocycles. The molecule has 0 aromatic carbocycles. The highest BCUT2D eigenvalue weighted by molar-refractivity contribution is 4.83. The lowest BCUT2D eigenvalue weighted by Crippen LogP contribution is -2.60. The summed E-state index contributed by atoms with van der Waals surface area (Å²) >= 11 is 0. The molecule has 0 aromatic rings. The molecule has 1 aliphatic rings. The number of ether oxygens (including phenoxy) is 4. The highest BCUT2D eigenvalue weighted by atomic mass is 16.9. The summed E-state index contributed by atoms with van der Waals surface area (Å²) in [6.07, 6.45) is 0. The summed E-state index contributed by atoms with van der Waals surface area (Å²) in [5.74, 6) is -1.06. The molecule has 0 bridgehead atoms. The molecule has 4 nitrogen and oxygen atoms in total. The van der Waals surface area contributed by atoms with Gasteiger partial charge in [0.2, 0.25) is 0 Å². The summed E-state index contributed by atoms with van der Waals surface area (Å²) in [5.41, 5.74) is -0.575. The van der Waals surface area contributed by atoms with Gasteiger partial charge in [-0.3, -0.25) is 0 Å². The summed E-state index contributed by atoms with van der Waals surface area (Å²) < 4.78 is 21.2. The van der Waals surface area contributed by atoms with Gasteiger partial charge < -0.3 is 18.9 Å². The Morgan fingerprint density at radius 3 is 1.83 bits per heavy atom. The SMILES string of the molecule is COC1(OC)OCCOC1(C)C. The molecular formula is C8H16O4. The smallest absolute Gasteiger partial charge is 0.312 e. The van der Waals surface area contributed by atoms with Crippen LogP contribution >= 0.6 is 0 Å². The third-order valence-electron chi connectivity index (χ3n) is 2.11. The van der Waals surface area contributed by atoms with Crippen LogP contribution in [-0.4, -0.2) is 39.0 Å². The Hall–Kier alpha value is -0.160. The predicted octanol–water partition coefficient (Wildman–Crippen LogP) is 0.758. The van der Waals surface area contributed by atoms with Crippen LogP contribution in [0.3, 0.4) is 0 Å². The fourth-order valence-electron chi connectivity index (χ4n) is 1.43. The number of hydrogen-bond donors (Lipinski definition) is 0. The Bertz CT molecular complexity index is 151. The van der Waals surface area contributed by atoms with Gasteiger partial charge in [0.05, 0.1) is 13.2 Å². The van der Waals surface area contributed by atoms with Crippen LogP contribution in [0.1, 0.15) is 13.8 Å². The summed E-state index contributed by atoms with van der Waals surface area (Å²) in [5, 5.41) is 0. The van der Waals surface area contributed by atoms with Gasteiger partial charge in [-0.05, 0) is 13.8 Å². The van der Waals surface area contributed by atoms with Crippen LogP contribution in [-0.2, 0) is 18.9 Å². The number of hydrogen-bond acceptors (Lipinski definition) is 4. The van der Waals surface area contributed by atoms with E-state index in [1.807, 2.05) is 13.8 Å². The van der Waals surface area contributed by atoms with Gasteiger partial charge in [0.15, 0.2) is 0 Å². The van der Waals surface area contributed by atoms with Crippen molar-refractivity contribution >= 4 is 0 Å². The van der Waals surface area contributed by atoms with Gasteiger partial charge in [-0.2, -0.15) is 0 Å². The minimum absolute atomic E-state index is 0.491. The molecule has 72 valence electrons. The fraction of sp³-hybridized carbons (Fsp3) is 1.00. The topological polar surface area (TPSA) is 36.9 Å². The van der Waals surface area contributed by atoms with Gasteiger partial charge in [0.1, 0.15) is 5.60 Å². The average molecular weight is 176 g/mol. The predicted molar refractivity (Wildman–Crippen MR) is 42.7 cm³/mol. The van der Waals surface area contributed by atoms with E-state index in [1.165, 1.54) is 0 Å². The molecule has 0 spiro atoms. The summed E-state index contributed by atoms with van der Waals surface area (Å²) in [6.45, 7) is 4.81. The molecular weight excluding hydrogens is 160 g/mol. The van der Waals surface area contributed by atoms with Gasteiger partial charge in [-0.25, -0.2) is 0 Å². The van der Waals surface area contributed by atoms with Crippen molar-refractivity contribution in [3.63, 3.8) is 0 Å². The van der Waals surface area contributed by atoms with Crippen molar-refractivity contribution in [2.75, 3.05) is 27.4 Å². The summed E-state index contributed by atoms with van der Waals surface area (Å²) in [7, 11) is 3.08. The second-order valence-corrected chi connectivity index (χ2v) is 3.17. The zero-order chi connectivity index (χ0) is 9.24. The van der Waals surface area contributed by atoms with Crippen molar-refractivity contribution in [3.8, 4) is 0 Å². The monoisotopic (exact) mass is 176 g/mol. The van der Waals surface area contributed by atoms with E-state index < -0.39 is 11.6 Å². The van der Waals surface area contributed by atoms with E-state index in [1.54, 1.807) is 14.2 Å². The molecule has 1 aliphatic heterocycles. The van der Waals surface area contributed by atoms with Gasteiger partial charge in [0, 0.05) is 14.2 Å². The van der Waals surface area contributed by atoms with Gasteiger partial charge in [-0.15, -0.1) is 0 Å². The zero-order valence-corrected chi connectivity index (χ0v) is 8.05. The lowest BCUT2D eigenvalue weighted by molar-refractivity contribution is -0.449. The summed E-state index contributed by atoms with van der Waals surface area (Å²) in [4.78, 5) is 0. The minimum Gasteiger partial charge on any atom is -0.365 e. The minimum atomic E-state index is -1.06. The lowest BCUT2D eigenvalue weighted by Gasteiger charge is -2.45. The van der Waals surface area contributed by atoms with Crippen LogP contribution in [0.15, 0.2) is 0 Å². The van der Waals surface area contributed by atoms with Crippen molar-refractivity contribution in [2.45, 2.75) is 25.4 Å². The van der Waals surface area contributed by atoms with Crippen molar-refractivity contribution < 1.29 is 18.9 Å². The standard InChI is InChI=1S/C8H16O4/c1-7(2)8(9-3,10-4)12-6-5-11-7/h5-6H2,1-4H3. The van der Waals surface area contributed by atoms with E-state index in [0.29, 0.717) is 13.2 Å². The molecule has 0 atom stereocenters. The maximum atomic E-state index is 5.49. The molecule has 1 heterocycles. The molecule has 0 unspecified atom stereocenters. The van der Waals surface area contributed by atoms with Crippen LogP contribution in [0.4, 0.5) is 0 Å². The highest BCUT2D eigenvalue weighted by Gasteiger charge is 2.51. The van der Waals surface area contributed by atoms with Crippen LogP contribution < -0.4 is 0 Å². The van der Waals surface area contributed by atoms with Crippen molar-refractivity contribution in [1.82, 2.24) is 0 Å². The fourth-order valence-corrected chi connectivity index (χ4v) is 1.43. The second kappa shape index (κ2) is 3.30. The Morgan fingerprint density at radius 1 is 1.00 bits per heavy atom. The third kappa shape index (κ3) is 1.35. The quantitative estimate of drug-likeness (QED) is 0.582.